The standard InChI is InChI=1S/C32H37N5O4/c1-21(18-33)19-37(31(39)41-32(2,3)4)29-26-16-23(10-9-22(26)11-12-28(29)40-6)27-17-25(13-14-34-27)35-30(38)24-8-7-15-36(5)20-24/h9-14,16-17,24H,1,7-8,15,19-20H2,2-6H3,(H,34,35,38). The number of piperidine rings is 1. The van der Waals surface area contributed by atoms with Crippen LogP contribution in [0.2, 0.25) is 0 Å². The zero-order valence-electron chi connectivity index (χ0n) is 24.4. The van der Waals surface area contributed by atoms with E-state index in [-0.39, 0.29) is 23.9 Å². The highest BCUT2D eigenvalue weighted by Gasteiger charge is 2.28. The van der Waals surface area contributed by atoms with Gasteiger partial charge in [-0.2, -0.15) is 5.26 Å². The molecule has 1 saturated heterocycles. The van der Waals surface area contributed by atoms with E-state index in [2.05, 4.69) is 21.8 Å². The minimum Gasteiger partial charge on any atom is -0.495 e. The first-order valence-electron chi connectivity index (χ1n) is 13.6. The fraction of sp³-hybridized carbons (Fsp3) is 0.375. The molecule has 0 bridgehead atoms. The number of methoxy groups -OCH3 is 1. The molecule has 1 aromatic heterocycles. The van der Waals surface area contributed by atoms with E-state index >= 15 is 0 Å². The van der Waals surface area contributed by atoms with Gasteiger partial charge >= 0.3 is 6.09 Å². The maximum Gasteiger partial charge on any atom is 0.415 e. The Kier molecular flexibility index (Phi) is 8.94. The Morgan fingerprint density at radius 1 is 1.22 bits per heavy atom. The Morgan fingerprint density at radius 3 is 2.66 bits per heavy atom. The van der Waals surface area contributed by atoms with Crippen LogP contribution in [0, 0.1) is 17.2 Å². The lowest BCUT2D eigenvalue weighted by molar-refractivity contribution is -0.121. The van der Waals surface area contributed by atoms with Crippen molar-refractivity contribution in [3.63, 3.8) is 0 Å². The van der Waals surface area contributed by atoms with Crippen molar-refractivity contribution in [2.75, 3.05) is 44.0 Å². The summed E-state index contributed by atoms with van der Waals surface area (Å²) in [5.41, 5.74) is 2.01. The number of anilines is 2. The maximum atomic E-state index is 13.4. The van der Waals surface area contributed by atoms with E-state index in [0.29, 0.717) is 28.2 Å². The minimum atomic E-state index is -0.756. The molecule has 214 valence electrons. The van der Waals surface area contributed by atoms with E-state index in [4.69, 9.17) is 9.47 Å². The number of carbonyl (C=O) groups is 2. The highest BCUT2D eigenvalue weighted by molar-refractivity contribution is 6.06. The molecule has 1 fully saturated rings. The maximum absolute atomic E-state index is 13.4. The molecule has 1 unspecified atom stereocenters. The summed E-state index contributed by atoms with van der Waals surface area (Å²) >= 11 is 0. The second-order valence-electron chi connectivity index (χ2n) is 11.4. The van der Waals surface area contributed by atoms with E-state index in [1.807, 2.05) is 43.4 Å². The molecule has 41 heavy (non-hydrogen) atoms. The predicted molar refractivity (Wildman–Crippen MR) is 161 cm³/mol. The lowest BCUT2D eigenvalue weighted by Gasteiger charge is -2.29. The summed E-state index contributed by atoms with van der Waals surface area (Å²) in [5, 5.41) is 14.1. The van der Waals surface area contributed by atoms with E-state index in [0.717, 1.165) is 36.9 Å². The van der Waals surface area contributed by atoms with Crippen LogP contribution in [0.1, 0.15) is 33.6 Å². The van der Waals surface area contributed by atoms with Crippen LogP contribution in [-0.2, 0) is 9.53 Å². The minimum absolute atomic E-state index is 0.00459. The number of nitrogens with one attached hydrogen (secondary N) is 1. The summed E-state index contributed by atoms with van der Waals surface area (Å²) < 4.78 is 11.4. The van der Waals surface area contributed by atoms with Gasteiger partial charge in [-0.25, -0.2) is 4.79 Å². The van der Waals surface area contributed by atoms with Crippen LogP contribution in [0.4, 0.5) is 16.2 Å². The average molecular weight is 556 g/mol. The lowest BCUT2D eigenvalue weighted by atomic mass is 9.97. The molecule has 0 spiro atoms. The van der Waals surface area contributed by atoms with Gasteiger partial charge < -0.3 is 19.7 Å². The summed E-state index contributed by atoms with van der Waals surface area (Å²) in [6.07, 6.45) is 2.91. The van der Waals surface area contributed by atoms with Crippen molar-refractivity contribution < 1.29 is 19.1 Å². The molecular formula is C32H37N5O4. The summed E-state index contributed by atoms with van der Waals surface area (Å²) in [6, 6.07) is 15.1. The van der Waals surface area contributed by atoms with Crippen molar-refractivity contribution in [1.82, 2.24) is 9.88 Å². The van der Waals surface area contributed by atoms with Crippen LogP contribution < -0.4 is 15.0 Å². The molecule has 0 radical (unpaired) electrons. The molecule has 9 heteroatoms. The number of nitriles is 1. The molecular weight excluding hydrogens is 518 g/mol. The largest absolute Gasteiger partial charge is 0.495 e. The van der Waals surface area contributed by atoms with Crippen LogP contribution in [0.15, 0.2) is 60.8 Å². The molecule has 3 aromatic rings. The van der Waals surface area contributed by atoms with Crippen LogP contribution >= 0.6 is 0 Å². The fourth-order valence-corrected chi connectivity index (χ4v) is 4.96. The molecule has 4 rings (SSSR count). The van der Waals surface area contributed by atoms with E-state index in [9.17, 15) is 14.9 Å². The van der Waals surface area contributed by atoms with Crippen LogP contribution in [0.3, 0.4) is 0 Å². The quantitative estimate of drug-likeness (QED) is 0.356. The number of amides is 2. The van der Waals surface area contributed by atoms with Crippen molar-refractivity contribution in [1.29, 1.82) is 5.26 Å². The third-order valence-electron chi connectivity index (χ3n) is 6.89. The Labute approximate surface area is 241 Å². The second-order valence-corrected chi connectivity index (χ2v) is 11.4. The number of hydrogen-bond acceptors (Lipinski definition) is 7. The number of rotatable bonds is 7. The molecule has 2 heterocycles. The van der Waals surface area contributed by atoms with Crippen molar-refractivity contribution >= 4 is 34.1 Å². The van der Waals surface area contributed by atoms with E-state index < -0.39 is 11.7 Å². The number of aromatic nitrogens is 1. The van der Waals surface area contributed by atoms with Gasteiger partial charge in [0.05, 0.1) is 37.0 Å². The van der Waals surface area contributed by atoms with Gasteiger partial charge in [0, 0.05) is 35.0 Å². The Hall–Kier alpha value is -4.42. The van der Waals surface area contributed by atoms with Gasteiger partial charge in [-0.15, -0.1) is 0 Å². The highest BCUT2D eigenvalue weighted by atomic mass is 16.6. The normalized spacial score (nSPS) is 15.6. The van der Waals surface area contributed by atoms with Gasteiger partial charge in [0.15, 0.2) is 0 Å². The molecule has 9 nitrogen and oxygen atoms in total. The van der Waals surface area contributed by atoms with Crippen LogP contribution in [-0.4, -0.2) is 61.3 Å². The summed E-state index contributed by atoms with van der Waals surface area (Å²) in [4.78, 5) is 34.5. The monoisotopic (exact) mass is 555 g/mol. The topological polar surface area (TPSA) is 108 Å². The molecule has 0 aliphatic carbocycles. The van der Waals surface area contributed by atoms with E-state index in [1.165, 1.54) is 12.0 Å². The number of nitrogens with zero attached hydrogens (tertiary/aromatic N) is 4. The second kappa shape index (κ2) is 12.4. The third kappa shape index (κ3) is 7.21. The van der Waals surface area contributed by atoms with Crippen molar-refractivity contribution in [2.45, 2.75) is 39.2 Å². The van der Waals surface area contributed by atoms with Crippen molar-refractivity contribution in [3.8, 4) is 23.1 Å². The lowest BCUT2D eigenvalue weighted by Crippen LogP contribution is -2.38. The number of pyridine rings is 1. The van der Waals surface area contributed by atoms with Gasteiger partial charge in [0.1, 0.15) is 11.4 Å². The molecule has 2 aromatic carbocycles. The Morgan fingerprint density at radius 2 is 1.98 bits per heavy atom. The zero-order valence-corrected chi connectivity index (χ0v) is 24.4. The first kappa shape index (κ1) is 29.6. The number of hydrogen-bond donors (Lipinski definition) is 1. The highest BCUT2D eigenvalue weighted by Crippen LogP contribution is 2.39. The first-order chi connectivity index (χ1) is 19.5. The van der Waals surface area contributed by atoms with Crippen LogP contribution in [0.5, 0.6) is 5.75 Å². The first-order valence-corrected chi connectivity index (χ1v) is 13.6. The fourth-order valence-electron chi connectivity index (χ4n) is 4.96. The van der Waals surface area contributed by atoms with E-state index in [1.54, 1.807) is 39.1 Å². The molecule has 1 N–H and O–H groups in total. The third-order valence-corrected chi connectivity index (χ3v) is 6.89. The molecule has 1 atom stereocenters. The van der Waals surface area contributed by atoms with Gasteiger partial charge in [-0.1, -0.05) is 24.8 Å². The summed E-state index contributed by atoms with van der Waals surface area (Å²) in [5.74, 6) is 0.394. The molecule has 1 aliphatic heterocycles. The van der Waals surface area contributed by atoms with Crippen molar-refractivity contribution in [2.24, 2.45) is 5.92 Å². The van der Waals surface area contributed by atoms with Gasteiger partial charge in [-0.3, -0.25) is 14.7 Å². The van der Waals surface area contributed by atoms with Gasteiger partial charge in [0.25, 0.3) is 0 Å². The molecule has 2 amide bonds. The number of carbonyl (C=O) groups excluding carboxylic acids is 2. The number of fused-ring (bicyclic) bond motifs is 1. The summed E-state index contributed by atoms with van der Waals surface area (Å²) in [6.45, 7) is 10.8. The molecule has 0 saturated carbocycles. The SMILES string of the molecule is C=C(C#N)CN(C(=O)OC(C)(C)C)c1c(OC)ccc2ccc(-c3cc(NC(=O)C4CCCN(C)C4)ccn3)cc12. The van der Waals surface area contributed by atoms with Gasteiger partial charge in [-0.05, 0) is 76.9 Å². The molecule has 1 aliphatic rings. The zero-order chi connectivity index (χ0) is 29.7. The average Bonchev–Trinajstić information content (AvgIpc) is 2.94. The van der Waals surface area contributed by atoms with Crippen LogP contribution in [0.25, 0.3) is 22.0 Å². The summed E-state index contributed by atoms with van der Waals surface area (Å²) in [7, 11) is 3.56. The predicted octanol–water partition coefficient (Wildman–Crippen LogP) is 6.01. The Balaban J connectivity index is 1.75. The van der Waals surface area contributed by atoms with Gasteiger partial charge in [0.2, 0.25) is 5.91 Å². The van der Waals surface area contributed by atoms with Crippen molar-refractivity contribution in [3.05, 3.63) is 60.8 Å². The number of likely N-dealkylation sites (tertiary alicyclic amines) is 1. The number of benzene rings is 2. The Bertz CT molecular complexity index is 1500. The smallest absolute Gasteiger partial charge is 0.415 e. The number of ether oxygens (including phenoxy) is 2.